The van der Waals surface area contributed by atoms with Crippen molar-refractivity contribution in [3.8, 4) is 11.5 Å². The van der Waals surface area contributed by atoms with Crippen molar-refractivity contribution in [2.75, 3.05) is 12.4 Å². The zero-order chi connectivity index (χ0) is 16.4. The van der Waals surface area contributed by atoms with Crippen LogP contribution >= 0.6 is 0 Å². The van der Waals surface area contributed by atoms with Gasteiger partial charge in [-0.3, -0.25) is 0 Å². The van der Waals surface area contributed by atoms with Crippen LogP contribution in [0.4, 0.5) is 5.82 Å². The summed E-state index contributed by atoms with van der Waals surface area (Å²) in [4.78, 5) is 8.87. The number of anilines is 1. The number of nitrogens with one attached hydrogen (secondary N) is 1. The second-order valence-corrected chi connectivity index (χ2v) is 5.50. The van der Waals surface area contributed by atoms with E-state index in [1.54, 1.807) is 12.1 Å². The maximum atomic E-state index is 10.0. The molecule has 1 aromatic heterocycles. The van der Waals surface area contributed by atoms with Crippen LogP contribution in [0.1, 0.15) is 17.0 Å². The first-order valence-electron chi connectivity index (χ1n) is 7.41. The van der Waals surface area contributed by atoms with Crippen molar-refractivity contribution >= 4 is 16.7 Å². The van der Waals surface area contributed by atoms with Gasteiger partial charge in [-0.1, -0.05) is 29.8 Å². The number of fused-ring (bicyclic) bond motifs is 1. The molecule has 5 heteroatoms. The van der Waals surface area contributed by atoms with Gasteiger partial charge >= 0.3 is 0 Å². The van der Waals surface area contributed by atoms with E-state index in [0.29, 0.717) is 23.9 Å². The molecule has 2 N–H and O–H groups in total. The molecule has 2 aromatic carbocycles. The SMILES string of the molecule is COc1cc2nc(C)nc(NCc3cccc(C)c3)c2cc1O. The van der Waals surface area contributed by atoms with Crippen LogP contribution < -0.4 is 10.1 Å². The van der Waals surface area contributed by atoms with Gasteiger partial charge in [0.2, 0.25) is 0 Å². The molecule has 0 aliphatic carbocycles. The van der Waals surface area contributed by atoms with Gasteiger partial charge in [-0.2, -0.15) is 0 Å². The zero-order valence-corrected chi connectivity index (χ0v) is 13.4. The van der Waals surface area contributed by atoms with Crippen LogP contribution in [0.2, 0.25) is 0 Å². The number of hydrogen-bond acceptors (Lipinski definition) is 5. The van der Waals surface area contributed by atoms with Gasteiger partial charge in [-0.15, -0.1) is 0 Å². The summed E-state index contributed by atoms with van der Waals surface area (Å²) in [5.74, 6) is 1.84. The normalized spacial score (nSPS) is 10.7. The molecule has 0 atom stereocenters. The average Bonchev–Trinajstić information content (AvgIpc) is 2.52. The van der Waals surface area contributed by atoms with Crippen molar-refractivity contribution in [2.45, 2.75) is 20.4 Å². The second-order valence-electron chi connectivity index (χ2n) is 5.50. The highest BCUT2D eigenvalue weighted by molar-refractivity contribution is 5.91. The van der Waals surface area contributed by atoms with Gasteiger partial charge < -0.3 is 15.2 Å². The third-order valence-electron chi connectivity index (χ3n) is 3.65. The summed E-state index contributed by atoms with van der Waals surface area (Å²) in [5, 5.41) is 14.1. The Morgan fingerprint density at radius 3 is 2.70 bits per heavy atom. The highest BCUT2D eigenvalue weighted by Crippen LogP contribution is 2.33. The van der Waals surface area contributed by atoms with E-state index < -0.39 is 0 Å². The van der Waals surface area contributed by atoms with Gasteiger partial charge in [-0.05, 0) is 25.5 Å². The molecule has 0 saturated heterocycles. The van der Waals surface area contributed by atoms with Gasteiger partial charge in [0.25, 0.3) is 0 Å². The van der Waals surface area contributed by atoms with Gasteiger partial charge in [0.05, 0.1) is 12.6 Å². The largest absolute Gasteiger partial charge is 0.504 e. The average molecular weight is 309 g/mol. The predicted molar refractivity (Wildman–Crippen MR) is 91.0 cm³/mol. The van der Waals surface area contributed by atoms with Crippen molar-refractivity contribution in [3.63, 3.8) is 0 Å². The van der Waals surface area contributed by atoms with E-state index in [-0.39, 0.29) is 5.75 Å². The molecule has 0 radical (unpaired) electrons. The third-order valence-corrected chi connectivity index (χ3v) is 3.65. The number of aromatic hydroxyl groups is 1. The van der Waals surface area contributed by atoms with E-state index in [0.717, 1.165) is 10.9 Å². The minimum absolute atomic E-state index is 0.0751. The molecular formula is C18H19N3O2. The third kappa shape index (κ3) is 3.18. The Morgan fingerprint density at radius 2 is 1.96 bits per heavy atom. The molecule has 0 saturated carbocycles. The molecule has 23 heavy (non-hydrogen) atoms. The lowest BCUT2D eigenvalue weighted by molar-refractivity contribution is 0.374. The number of methoxy groups -OCH3 is 1. The zero-order valence-electron chi connectivity index (χ0n) is 13.4. The Labute approximate surface area is 135 Å². The Kier molecular flexibility index (Phi) is 4.02. The summed E-state index contributed by atoms with van der Waals surface area (Å²) in [7, 11) is 1.52. The van der Waals surface area contributed by atoms with Crippen LogP contribution in [0.25, 0.3) is 10.9 Å². The Morgan fingerprint density at radius 1 is 1.13 bits per heavy atom. The topological polar surface area (TPSA) is 67.3 Å². The van der Waals surface area contributed by atoms with Crippen molar-refractivity contribution in [2.24, 2.45) is 0 Å². The van der Waals surface area contributed by atoms with Crippen LogP contribution in [-0.4, -0.2) is 22.2 Å². The lowest BCUT2D eigenvalue weighted by Gasteiger charge is -2.12. The van der Waals surface area contributed by atoms with E-state index >= 15 is 0 Å². The molecule has 3 aromatic rings. The molecule has 3 rings (SSSR count). The number of phenolic OH excluding ortho intramolecular Hbond substituents is 1. The molecule has 0 spiro atoms. The van der Waals surface area contributed by atoms with Crippen molar-refractivity contribution in [3.05, 3.63) is 53.3 Å². The van der Waals surface area contributed by atoms with Gasteiger partial charge in [0.15, 0.2) is 11.5 Å². The molecule has 1 heterocycles. The number of aryl methyl sites for hydroxylation is 2. The first-order chi connectivity index (χ1) is 11.1. The summed E-state index contributed by atoms with van der Waals surface area (Å²) in [5.41, 5.74) is 3.13. The summed E-state index contributed by atoms with van der Waals surface area (Å²) in [6.07, 6.45) is 0. The quantitative estimate of drug-likeness (QED) is 0.771. The van der Waals surface area contributed by atoms with Gasteiger partial charge in [0, 0.05) is 18.0 Å². The maximum Gasteiger partial charge on any atom is 0.162 e. The number of phenols is 1. The van der Waals surface area contributed by atoms with Crippen molar-refractivity contribution in [1.82, 2.24) is 9.97 Å². The van der Waals surface area contributed by atoms with Gasteiger partial charge in [0.1, 0.15) is 11.6 Å². The fourth-order valence-electron chi connectivity index (χ4n) is 2.57. The first kappa shape index (κ1) is 15.1. The molecular weight excluding hydrogens is 290 g/mol. The summed E-state index contributed by atoms with van der Waals surface area (Å²) in [6, 6.07) is 11.6. The van der Waals surface area contributed by atoms with E-state index in [1.807, 2.05) is 13.0 Å². The number of nitrogens with zero attached hydrogens (tertiary/aromatic N) is 2. The molecule has 0 aliphatic heterocycles. The molecule has 5 nitrogen and oxygen atoms in total. The standard InChI is InChI=1S/C18H19N3O2/c1-11-5-4-6-13(7-11)10-19-18-14-8-16(22)17(23-3)9-15(14)20-12(2)21-18/h4-9,22H,10H2,1-3H3,(H,19,20,21). The van der Waals surface area contributed by atoms with Crippen LogP contribution in [0.3, 0.4) is 0 Å². The molecule has 0 amide bonds. The molecule has 0 aliphatic rings. The maximum absolute atomic E-state index is 10.0. The number of ether oxygens (including phenoxy) is 1. The molecule has 0 unspecified atom stereocenters. The summed E-state index contributed by atoms with van der Waals surface area (Å²) >= 11 is 0. The highest BCUT2D eigenvalue weighted by atomic mass is 16.5. The Bertz CT molecular complexity index is 862. The number of rotatable bonds is 4. The van der Waals surface area contributed by atoms with Crippen LogP contribution in [0, 0.1) is 13.8 Å². The van der Waals surface area contributed by atoms with E-state index in [4.69, 9.17) is 4.74 Å². The van der Waals surface area contributed by atoms with Gasteiger partial charge in [-0.25, -0.2) is 9.97 Å². The van der Waals surface area contributed by atoms with E-state index in [1.165, 1.54) is 18.2 Å². The Hall–Kier alpha value is -2.82. The minimum Gasteiger partial charge on any atom is -0.504 e. The van der Waals surface area contributed by atoms with Crippen molar-refractivity contribution < 1.29 is 9.84 Å². The van der Waals surface area contributed by atoms with Crippen LogP contribution in [0.5, 0.6) is 11.5 Å². The Balaban J connectivity index is 1.98. The lowest BCUT2D eigenvalue weighted by Crippen LogP contribution is -2.04. The molecule has 118 valence electrons. The highest BCUT2D eigenvalue weighted by Gasteiger charge is 2.11. The summed E-state index contributed by atoms with van der Waals surface area (Å²) < 4.78 is 5.14. The van der Waals surface area contributed by atoms with E-state index in [2.05, 4.69) is 40.4 Å². The number of aromatic nitrogens is 2. The predicted octanol–water partition coefficient (Wildman–Crippen LogP) is 3.57. The van der Waals surface area contributed by atoms with Crippen LogP contribution in [0.15, 0.2) is 36.4 Å². The number of benzene rings is 2. The number of hydrogen-bond donors (Lipinski definition) is 2. The smallest absolute Gasteiger partial charge is 0.162 e. The second kappa shape index (κ2) is 6.12. The first-order valence-corrected chi connectivity index (χ1v) is 7.41. The fraction of sp³-hybridized carbons (Fsp3) is 0.222. The van der Waals surface area contributed by atoms with Crippen molar-refractivity contribution in [1.29, 1.82) is 0 Å². The molecule has 0 fully saturated rings. The fourth-order valence-corrected chi connectivity index (χ4v) is 2.57. The monoisotopic (exact) mass is 309 g/mol. The minimum atomic E-state index is 0.0751. The lowest BCUT2D eigenvalue weighted by atomic mass is 10.1. The van der Waals surface area contributed by atoms with E-state index in [9.17, 15) is 5.11 Å². The molecule has 0 bridgehead atoms. The van der Waals surface area contributed by atoms with Crippen LogP contribution in [-0.2, 0) is 6.54 Å². The summed E-state index contributed by atoms with van der Waals surface area (Å²) in [6.45, 7) is 4.56.